The van der Waals surface area contributed by atoms with Gasteiger partial charge in [0.25, 0.3) is 5.91 Å². The molecular formula is C14H12BrClN2O. The highest BCUT2D eigenvalue weighted by Gasteiger charge is 2.14. The van der Waals surface area contributed by atoms with Crippen LogP contribution in [0.3, 0.4) is 0 Å². The number of carbonyl (C=O) groups excluding carboxylic acids is 1. The van der Waals surface area contributed by atoms with Gasteiger partial charge in [-0.1, -0.05) is 23.7 Å². The smallest absolute Gasteiger partial charge is 0.258 e. The fraction of sp³-hybridized carbons (Fsp3) is 0.0714. The van der Waals surface area contributed by atoms with Crippen LogP contribution in [0, 0.1) is 6.92 Å². The predicted octanol–water partition coefficient (Wildman–Crippen LogP) is 4.25. The first kappa shape index (κ1) is 13.9. The number of hydrogen-bond acceptors (Lipinski definition) is 2. The van der Waals surface area contributed by atoms with Crippen LogP contribution in [-0.2, 0) is 0 Å². The zero-order chi connectivity index (χ0) is 14.0. The van der Waals surface area contributed by atoms with Crippen molar-refractivity contribution in [3.8, 4) is 0 Å². The lowest BCUT2D eigenvalue weighted by molar-refractivity contribution is 0.102. The van der Waals surface area contributed by atoms with Gasteiger partial charge in [0, 0.05) is 15.2 Å². The Labute approximate surface area is 124 Å². The van der Waals surface area contributed by atoms with Crippen LogP contribution >= 0.6 is 27.5 Å². The normalized spacial score (nSPS) is 10.3. The molecule has 98 valence electrons. The minimum Gasteiger partial charge on any atom is -0.398 e. The third-order valence-electron chi connectivity index (χ3n) is 2.71. The number of nitrogens with one attached hydrogen (secondary N) is 1. The summed E-state index contributed by atoms with van der Waals surface area (Å²) in [5.74, 6) is -0.251. The molecule has 0 aliphatic rings. The maximum absolute atomic E-state index is 12.3. The molecule has 0 spiro atoms. The lowest BCUT2D eigenvalue weighted by Crippen LogP contribution is -2.15. The molecule has 0 heterocycles. The summed E-state index contributed by atoms with van der Waals surface area (Å²) in [4.78, 5) is 12.3. The number of halogens is 2. The quantitative estimate of drug-likeness (QED) is 0.804. The number of aryl methyl sites for hydroxylation is 1. The highest BCUT2D eigenvalue weighted by molar-refractivity contribution is 9.10. The minimum atomic E-state index is -0.251. The van der Waals surface area contributed by atoms with E-state index in [1.165, 1.54) is 0 Å². The molecule has 3 nitrogen and oxygen atoms in total. The van der Waals surface area contributed by atoms with Gasteiger partial charge in [0.1, 0.15) is 0 Å². The van der Waals surface area contributed by atoms with Crippen LogP contribution in [0.2, 0.25) is 5.02 Å². The van der Waals surface area contributed by atoms with Crippen LogP contribution in [-0.4, -0.2) is 5.91 Å². The largest absolute Gasteiger partial charge is 0.398 e. The monoisotopic (exact) mass is 338 g/mol. The van der Waals surface area contributed by atoms with E-state index >= 15 is 0 Å². The van der Waals surface area contributed by atoms with Gasteiger partial charge in [-0.15, -0.1) is 0 Å². The van der Waals surface area contributed by atoms with Crippen molar-refractivity contribution in [3.05, 3.63) is 57.0 Å². The topological polar surface area (TPSA) is 55.1 Å². The lowest BCUT2D eigenvalue weighted by Gasteiger charge is -2.11. The van der Waals surface area contributed by atoms with Gasteiger partial charge in [-0.25, -0.2) is 0 Å². The van der Waals surface area contributed by atoms with Crippen molar-refractivity contribution in [1.29, 1.82) is 0 Å². The third kappa shape index (κ3) is 3.08. The second-order valence-corrected chi connectivity index (χ2v) is 5.41. The average Bonchev–Trinajstić information content (AvgIpc) is 2.33. The number of benzene rings is 2. The van der Waals surface area contributed by atoms with Crippen molar-refractivity contribution in [3.63, 3.8) is 0 Å². The van der Waals surface area contributed by atoms with Gasteiger partial charge in [0.2, 0.25) is 0 Å². The highest BCUT2D eigenvalue weighted by atomic mass is 79.9. The third-order valence-corrected chi connectivity index (χ3v) is 3.64. The second kappa shape index (κ2) is 5.63. The van der Waals surface area contributed by atoms with Gasteiger partial charge >= 0.3 is 0 Å². The summed E-state index contributed by atoms with van der Waals surface area (Å²) in [5, 5.41) is 3.35. The molecule has 0 saturated carbocycles. The molecule has 0 aliphatic carbocycles. The Bertz CT molecular complexity index is 623. The lowest BCUT2D eigenvalue weighted by atomic mass is 10.1. The van der Waals surface area contributed by atoms with Crippen molar-refractivity contribution in [2.24, 2.45) is 0 Å². The Balaban J connectivity index is 2.34. The van der Waals surface area contributed by atoms with E-state index < -0.39 is 0 Å². The Morgan fingerprint density at radius 1 is 1.32 bits per heavy atom. The molecule has 0 saturated heterocycles. The van der Waals surface area contributed by atoms with Crippen LogP contribution in [0.25, 0.3) is 0 Å². The molecule has 1 amide bonds. The standard InChI is InChI=1S/C14H12BrClN2O/c1-8-3-2-4-11(17)13(8)14(19)18-12-7-9(16)5-6-10(12)15/h2-7H,17H2,1H3,(H,18,19). The number of nitrogens with two attached hydrogens (primary N) is 1. The van der Waals surface area contributed by atoms with Gasteiger partial charge in [0.15, 0.2) is 0 Å². The van der Waals surface area contributed by atoms with Gasteiger partial charge in [-0.3, -0.25) is 4.79 Å². The number of nitrogen functional groups attached to an aromatic ring is 1. The Morgan fingerprint density at radius 2 is 2.05 bits per heavy atom. The zero-order valence-corrected chi connectivity index (χ0v) is 12.5. The van der Waals surface area contributed by atoms with Gasteiger partial charge in [-0.05, 0) is 52.7 Å². The second-order valence-electron chi connectivity index (χ2n) is 4.12. The molecule has 2 aromatic carbocycles. The molecule has 0 radical (unpaired) electrons. The summed E-state index contributed by atoms with van der Waals surface area (Å²) in [6, 6.07) is 10.6. The van der Waals surface area contributed by atoms with Crippen molar-refractivity contribution >= 4 is 44.8 Å². The predicted molar refractivity (Wildman–Crippen MR) is 82.7 cm³/mol. The number of carbonyl (C=O) groups is 1. The average molecular weight is 340 g/mol. The van der Waals surface area contributed by atoms with E-state index in [4.69, 9.17) is 17.3 Å². The molecule has 0 aromatic heterocycles. The molecule has 0 bridgehead atoms. The van der Waals surface area contributed by atoms with Crippen molar-refractivity contribution in [1.82, 2.24) is 0 Å². The fourth-order valence-electron chi connectivity index (χ4n) is 1.78. The SMILES string of the molecule is Cc1cccc(N)c1C(=O)Nc1cc(Cl)ccc1Br. The van der Waals surface area contributed by atoms with E-state index in [1.54, 1.807) is 24.3 Å². The van der Waals surface area contributed by atoms with E-state index in [0.717, 1.165) is 10.0 Å². The molecule has 0 aliphatic heterocycles. The molecule has 0 fully saturated rings. The summed E-state index contributed by atoms with van der Waals surface area (Å²) >= 11 is 9.28. The van der Waals surface area contributed by atoms with Crippen LogP contribution in [0.1, 0.15) is 15.9 Å². The first-order valence-corrected chi connectivity index (χ1v) is 6.77. The number of amides is 1. The molecule has 2 aromatic rings. The number of anilines is 2. The fourth-order valence-corrected chi connectivity index (χ4v) is 2.30. The summed E-state index contributed by atoms with van der Waals surface area (Å²) in [7, 11) is 0. The maximum atomic E-state index is 12.3. The Morgan fingerprint density at radius 3 is 2.74 bits per heavy atom. The van der Waals surface area contributed by atoms with Crippen LogP contribution < -0.4 is 11.1 Å². The zero-order valence-electron chi connectivity index (χ0n) is 10.2. The Kier molecular flexibility index (Phi) is 4.12. The Hall–Kier alpha value is -1.52. The summed E-state index contributed by atoms with van der Waals surface area (Å²) in [5.41, 5.74) is 8.22. The molecular weight excluding hydrogens is 328 g/mol. The van der Waals surface area contributed by atoms with Crippen molar-refractivity contribution < 1.29 is 4.79 Å². The molecule has 5 heteroatoms. The van der Waals surface area contributed by atoms with Gasteiger partial charge < -0.3 is 11.1 Å². The number of rotatable bonds is 2. The van der Waals surface area contributed by atoms with Gasteiger partial charge in [0.05, 0.1) is 11.3 Å². The van der Waals surface area contributed by atoms with Gasteiger partial charge in [-0.2, -0.15) is 0 Å². The van der Waals surface area contributed by atoms with Crippen LogP contribution in [0.15, 0.2) is 40.9 Å². The molecule has 0 unspecified atom stereocenters. The van der Waals surface area contributed by atoms with E-state index in [2.05, 4.69) is 21.2 Å². The van der Waals surface area contributed by atoms with Crippen LogP contribution in [0.4, 0.5) is 11.4 Å². The first-order chi connectivity index (χ1) is 8.99. The van der Waals surface area contributed by atoms with E-state index in [9.17, 15) is 4.79 Å². The first-order valence-electron chi connectivity index (χ1n) is 5.60. The summed E-state index contributed by atoms with van der Waals surface area (Å²) in [6.07, 6.45) is 0. The molecule has 19 heavy (non-hydrogen) atoms. The van der Waals surface area contributed by atoms with E-state index in [-0.39, 0.29) is 5.91 Å². The van der Waals surface area contributed by atoms with Crippen molar-refractivity contribution in [2.75, 3.05) is 11.1 Å². The summed E-state index contributed by atoms with van der Waals surface area (Å²) in [6.45, 7) is 1.85. The maximum Gasteiger partial charge on any atom is 0.258 e. The van der Waals surface area contributed by atoms with Crippen LogP contribution in [0.5, 0.6) is 0 Å². The van der Waals surface area contributed by atoms with E-state index in [1.807, 2.05) is 19.1 Å². The highest BCUT2D eigenvalue weighted by Crippen LogP contribution is 2.27. The molecule has 0 atom stereocenters. The van der Waals surface area contributed by atoms with Crippen molar-refractivity contribution in [2.45, 2.75) is 6.92 Å². The number of hydrogen-bond donors (Lipinski definition) is 2. The minimum absolute atomic E-state index is 0.251. The van der Waals surface area contributed by atoms with E-state index in [0.29, 0.717) is 22.0 Å². The summed E-state index contributed by atoms with van der Waals surface area (Å²) < 4.78 is 0.761. The molecule has 3 N–H and O–H groups in total. The molecule has 2 rings (SSSR count).